The maximum absolute atomic E-state index is 10.9. The predicted octanol–water partition coefficient (Wildman–Crippen LogP) is 0.378. The molecule has 0 fully saturated rings. The summed E-state index contributed by atoms with van der Waals surface area (Å²) >= 11 is 0. The van der Waals surface area contributed by atoms with Gasteiger partial charge < -0.3 is 15.6 Å². The van der Waals surface area contributed by atoms with E-state index in [0.717, 1.165) is 0 Å². The molecule has 0 rings (SSSR count). The maximum atomic E-state index is 10.9. The van der Waals surface area contributed by atoms with Crippen LogP contribution >= 0.6 is 0 Å². The van der Waals surface area contributed by atoms with Gasteiger partial charge in [-0.3, -0.25) is 9.59 Å². The van der Waals surface area contributed by atoms with Crippen molar-refractivity contribution < 1.29 is 19.4 Å². The van der Waals surface area contributed by atoms with Crippen LogP contribution in [0.15, 0.2) is 0 Å². The molecule has 3 N–H and O–H groups in total. The molecule has 0 spiro atoms. The zero-order chi connectivity index (χ0) is 11.4. The van der Waals surface area contributed by atoms with Crippen molar-refractivity contribution in [2.24, 2.45) is 11.1 Å². The van der Waals surface area contributed by atoms with Gasteiger partial charge >= 0.3 is 11.9 Å². The molecule has 0 unspecified atom stereocenters. The second-order valence-corrected chi connectivity index (χ2v) is 3.90. The average Bonchev–Trinajstić information content (AvgIpc) is 2.03. The summed E-state index contributed by atoms with van der Waals surface area (Å²) in [7, 11) is 0. The van der Waals surface area contributed by atoms with Crippen molar-refractivity contribution in [3.05, 3.63) is 0 Å². The van der Waals surface area contributed by atoms with Crippen molar-refractivity contribution in [3.63, 3.8) is 0 Å². The van der Waals surface area contributed by atoms with Gasteiger partial charge in [-0.2, -0.15) is 0 Å². The Kier molecular flexibility index (Phi) is 4.56. The van der Waals surface area contributed by atoms with E-state index in [1.165, 1.54) is 6.92 Å². The van der Waals surface area contributed by atoms with Gasteiger partial charge in [0.05, 0.1) is 12.0 Å². The lowest BCUT2D eigenvalue weighted by atomic mass is 9.90. The molecular formula is C9H17NO4. The molecule has 0 aromatic rings. The molecular weight excluding hydrogens is 186 g/mol. The first-order valence-electron chi connectivity index (χ1n) is 4.43. The summed E-state index contributed by atoms with van der Waals surface area (Å²) in [6.07, 6.45) is 0.279. The van der Waals surface area contributed by atoms with Crippen LogP contribution in [-0.4, -0.2) is 29.7 Å². The minimum absolute atomic E-state index is 0.0830. The fourth-order valence-corrected chi connectivity index (χ4v) is 0.645. The van der Waals surface area contributed by atoms with Gasteiger partial charge in [-0.1, -0.05) is 0 Å². The molecule has 0 aliphatic heterocycles. The third-order valence-corrected chi connectivity index (χ3v) is 1.92. The lowest BCUT2D eigenvalue weighted by Gasteiger charge is -2.18. The number of carboxylic acids is 1. The molecule has 0 aromatic carbocycles. The maximum Gasteiger partial charge on any atom is 0.322 e. The lowest BCUT2D eigenvalue weighted by Crippen LogP contribution is -2.31. The van der Waals surface area contributed by atoms with Gasteiger partial charge in [-0.25, -0.2) is 0 Å². The van der Waals surface area contributed by atoms with Crippen molar-refractivity contribution >= 4 is 11.9 Å². The summed E-state index contributed by atoms with van der Waals surface area (Å²) in [5.74, 6) is -1.42. The summed E-state index contributed by atoms with van der Waals surface area (Å²) in [5.41, 5.74) is 4.38. The largest absolute Gasteiger partial charge is 0.481 e. The lowest BCUT2D eigenvalue weighted by molar-refractivity contribution is -0.152. The third kappa shape index (κ3) is 4.23. The standard InChI is InChI=1S/C9H17NO4/c1-6(10)7(11)14-5-4-9(2,3)8(12)13/h6H,4-5,10H2,1-3H3,(H,12,13)/t6-/m0/s1. The highest BCUT2D eigenvalue weighted by Gasteiger charge is 2.27. The SMILES string of the molecule is C[C@H](N)C(=O)OCCC(C)(C)C(=O)O. The second kappa shape index (κ2) is 4.95. The number of aliphatic carboxylic acids is 1. The zero-order valence-corrected chi connectivity index (χ0v) is 8.74. The highest BCUT2D eigenvalue weighted by Crippen LogP contribution is 2.20. The highest BCUT2D eigenvalue weighted by atomic mass is 16.5. The van der Waals surface area contributed by atoms with Crippen LogP contribution in [0.3, 0.4) is 0 Å². The molecule has 0 radical (unpaired) electrons. The number of carbonyl (C=O) groups excluding carboxylic acids is 1. The van der Waals surface area contributed by atoms with E-state index in [0.29, 0.717) is 0 Å². The Morgan fingerprint density at radius 1 is 1.50 bits per heavy atom. The third-order valence-electron chi connectivity index (χ3n) is 1.92. The minimum atomic E-state index is -0.908. The fourth-order valence-electron chi connectivity index (χ4n) is 0.645. The number of hydrogen-bond donors (Lipinski definition) is 2. The Balaban J connectivity index is 3.85. The van der Waals surface area contributed by atoms with Crippen LogP contribution in [-0.2, 0) is 14.3 Å². The minimum Gasteiger partial charge on any atom is -0.481 e. The number of carbonyl (C=O) groups is 2. The van der Waals surface area contributed by atoms with Gasteiger partial charge in [0.15, 0.2) is 0 Å². The molecule has 0 heterocycles. The molecule has 0 aliphatic rings. The molecule has 14 heavy (non-hydrogen) atoms. The molecule has 5 nitrogen and oxygen atoms in total. The van der Waals surface area contributed by atoms with Gasteiger partial charge in [-0.15, -0.1) is 0 Å². The molecule has 1 atom stereocenters. The first kappa shape index (κ1) is 12.9. The highest BCUT2D eigenvalue weighted by molar-refractivity contribution is 5.75. The Bertz CT molecular complexity index is 223. The van der Waals surface area contributed by atoms with Crippen LogP contribution in [0.4, 0.5) is 0 Å². The van der Waals surface area contributed by atoms with Crippen molar-refractivity contribution in [3.8, 4) is 0 Å². The molecule has 82 valence electrons. The Morgan fingerprint density at radius 2 is 2.00 bits per heavy atom. The topological polar surface area (TPSA) is 89.6 Å². The van der Waals surface area contributed by atoms with Crippen molar-refractivity contribution in [1.29, 1.82) is 0 Å². The molecule has 0 bridgehead atoms. The van der Waals surface area contributed by atoms with E-state index < -0.39 is 23.4 Å². The van der Waals surface area contributed by atoms with E-state index in [9.17, 15) is 9.59 Å². The number of esters is 1. The molecule has 0 saturated heterocycles. The quantitative estimate of drug-likeness (QED) is 0.630. The monoisotopic (exact) mass is 203 g/mol. The van der Waals surface area contributed by atoms with Crippen LogP contribution in [0.5, 0.6) is 0 Å². The van der Waals surface area contributed by atoms with Crippen LogP contribution < -0.4 is 5.73 Å². The van der Waals surface area contributed by atoms with Crippen molar-refractivity contribution in [2.45, 2.75) is 33.2 Å². The Hall–Kier alpha value is -1.10. The van der Waals surface area contributed by atoms with E-state index in [4.69, 9.17) is 15.6 Å². The van der Waals surface area contributed by atoms with E-state index in [2.05, 4.69) is 0 Å². The normalized spacial score (nSPS) is 13.4. The number of rotatable bonds is 5. The Labute approximate surface area is 83.2 Å². The predicted molar refractivity (Wildman–Crippen MR) is 50.6 cm³/mol. The van der Waals surface area contributed by atoms with E-state index in [1.807, 2.05) is 0 Å². The van der Waals surface area contributed by atoms with Crippen LogP contribution in [0.1, 0.15) is 27.2 Å². The summed E-state index contributed by atoms with van der Waals surface area (Å²) in [4.78, 5) is 21.6. The van der Waals surface area contributed by atoms with Gasteiger partial charge in [0, 0.05) is 0 Å². The number of nitrogens with two attached hydrogens (primary N) is 1. The smallest absolute Gasteiger partial charge is 0.322 e. The van der Waals surface area contributed by atoms with Gasteiger partial charge in [-0.05, 0) is 27.2 Å². The number of ether oxygens (including phenoxy) is 1. The van der Waals surface area contributed by atoms with E-state index in [-0.39, 0.29) is 13.0 Å². The summed E-state index contributed by atoms with van der Waals surface area (Å²) < 4.78 is 4.76. The first-order chi connectivity index (χ1) is 6.27. The summed E-state index contributed by atoms with van der Waals surface area (Å²) in [6.45, 7) is 4.76. The van der Waals surface area contributed by atoms with Gasteiger partial charge in [0.25, 0.3) is 0 Å². The summed E-state index contributed by atoms with van der Waals surface area (Å²) in [5, 5.41) is 8.75. The van der Waals surface area contributed by atoms with E-state index in [1.54, 1.807) is 13.8 Å². The summed E-state index contributed by atoms with van der Waals surface area (Å²) in [6, 6.07) is -0.664. The molecule has 5 heteroatoms. The van der Waals surface area contributed by atoms with Crippen LogP contribution in [0.25, 0.3) is 0 Å². The molecule has 0 aromatic heterocycles. The first-order valence-corrected chi connectivity index (χ1v) is 4.43. The van der Waals surface area contributed by atoms with E-state index >= 15 is 0 Å². The van der Waals surface area contributed by atoms with Gasteiger partial charge in [0.2, 0.25) is 0 Å². The van der Waals surface area contributed by atoms with Crippen molar-refractivity contribution in [2.75, 3.05) is 6.61 Å². The van der Waals surface area contributed by atoms with Crippen LogP contribution in [0.2, 0.25) is 0 Å². The molecule has 0 aliphatic carbocycles. The van der Waals surface area contributed by atoms with Crippen LogP contribution in [0, 0.1) is 5.41 Å². The number of carboxylic acid groups (broad SMARTS) is 1. The molecule has 0 amide bonds. The fraction of sp³-hybridized carbons (Fsp3) is 0.778. The average molecular weight is 203 g/mol. The van der Waals surface area contributed by atoms with Gasteiger partial charge in [0.1, 0.15) is 6.04 Å². The zero-order valence-electron chi connectivity index (χ0n) is 8.74. The number of hydrogen-bond acceptors (Lipinski definition) is 4. The Morgan fingerprint density at radius 3 is 2.36 bits per heavy atom. The second-order valence-electron chi connectivity index (χ2n) is 3.90. The molecule has 0 saturated carbocycles. The van der Waals surface area contributed by atoms with Crippen molar-refractivity contribution in [1.82, 2.24) is 0 Å².